The number of hydrogen-bond acceptors (Lipinski definition) is 7. The molecular formula is C28H32F5N5O3S. The van der Waals surface area contributed by atoms with Gasteiger partial charge in [0.15, 0.2) is 5.69 Å². The SMILES string of the molecule is CC(C)(C)OC(=O)CC(CCN1CCCC(F)(F)C1)NC(=O)c1cc(-c2ccccc2C(F)(F)F)n(-c2nccs2)n1. The number of likely N-dealkylation sites (tertiary alicyclic amines) is 1. The number of nitrogens with one attached hydrogen (secondary N) is 1. The molecule has 0 spiro atoms. The number of alkyl halides is 5. The third-order valence-corrected chi connectivity index (χ3v) is 7.23. The van der Waals surface area contributed by atoms with Crippen LogP contribution < -0.4 is 5.32 Å². The van der Waals surface area contributed by atoms with Crippen molar-refractivity contribution in [3.05, 3.63) is 53.2 Å². The summed E-state index contributed by atoms with van der Waals surface area (Å²) in [5.41, 5.74) is -2.08. The van der Waals surface area contributed by atoms with Crippen LogP contribution in [0.5, 0.6) is 0 Å². The highest BCUT2D eigenvalue weighted by molar-refractivity contribution is 7.12. The molecule has 1 saturated heterocycles. The van der Waals surface area contributed by atoms with Gasteiger partial charge in [0.25, 0.3) is 11.8 Å². The minimum atomic E-state index is -4.67. The van der Waals surface area contributed by atoms with Crippen LogP contribution in [-0.4, -0.2) is 68.7 Å². The van der Waals surface area contributed by atoms with Gasteiger partial charge < -0.3 is 10.1 Å². The number of halogens is 5. The third kappa shape index (κ3) is 8.34. The van der Waals surface area contributed by atoms with Crippen LogP contribution in [0.3, 0.4) is 0 Å². The lowest BCUT2D eigenvalue weighted by molar-refractivity contribution is -0.155. The van der Waals surface area contributed by atoms with E-state index in [1.54, 1.807) is 31.1 Å². The van der Waals surface area contributed by atoms with Crippen molar-refractivity contribution in [2.45, 2.75) is 70.2 Å². The van der Waals surface area contributed by atoms with Gasteiger partial charge in [-0.25, -0.2) is 18.4 Å². The van der Waals surface area contributed by atoms with E-state index < -0.39 is 47.7 Å². The largest absolute Gasteiger partial charge is 0.460 e. The zero-order valence-corrected chi connectivity index (χ0v) is 24.2. The Morgan fingerprint density at radius 3 is 2.57 bits per heavy atom. The van der Waals surface area contributed by atoms with Gasteiger partial charge in [-0.1, -0.05) is 18.2 Å². The van der Waals surface area contributed by atoms with Crippen molar-refractivity contribution in [2.75, 3.05) is 19.6 Å². The molecule has 0 saturated carbocycles. The van der Waals surface area contributed by atoms with Crippen molar-refractivity contribution in [1.82, 2.24) is 25.0 Å². The fourth-order valence-corrected chi connectivity index (χ4v) is 5.35. The van der Waals surface area contributed by atoms with Crippen LogP contribution in [-0.2, 0) is 15.7 Å². The third-order valence-electron chi connectivity index (χ3n) is 6.48. The summed E-state index contributed by atoms with van der Waals surface area (Å²) < 4.78 is 76.0. The molecule has 8 nitrogen and oxygen atoms in total. The number of aromatic nitrogens is 3. The number of benzene rings is 1. The molecule has 1 aliphatic rings. The molecule has 0 bridgehead atoms. The highest BCUT2D eigenvalue weighted by Crippen LogP contribution is 2.38. The summed E-state index contributed by atoms with van der Waals surface area (Å²) in [5, 5.41) is 8.87. The van der Waals surface area contributed by atoms with Gasteiger partial charge >= 0.3 is 12.1 Å². The average Bonchev–Trinajstić information content (AvgIpc) is 3.55. The predicted molar refractivity (Wildman–Crippen MR) is 147 cm³/mol. The van der Waals surface area contributed by atoms with E-state index in [1.807, 2.05) is 0 Å². The maximum Gasteiger partial charge on any atom is 0.417 e. The van der Waals surface area contributed by atoms with E-state index in [1.165, 1.54) is 35.1 Å². The molecule has 1 unspecified atom stereocenters. The number of carbonyl (C=O) groups excluding carboxylic acids is 2. The molecule has 1 amide bonds. The molecule has 2 aromatic heterocycles. The first-order chi connectivity index (χ1) is 19.6. The molecule has 3 aromatic rings. The molecule has 0 aliphatic carbocycles. The monoisotopic (exact) mass is 613 g/mol. The van der Waals surface area contributed by atoms with Crippen molar-refractivity contribution in [3.63, 3.8) is 0 Å². The molecule has 228 valence electrons. The average molecular weight is 614 g/mol. The quantitative estimate of drug-likeness (QED) is 0.237. The lowest BCUT2D eigenvalue weighted by Crippen LogP contribution is -2.45. The second kappa shape index (κ2) is 12.5. The Hall–Kier alpha value is -3.39. The van der Waals surface area contributed by atoms with Crippen LogP contribution in [0.4, 0.5) is 22.0 Å². The minimum absolute atomic E-state index is 0.00210. The molecule has 1 aliphatic heterocycles. The van der Waals surface area contributed by atoms with Crippen LogP contribution in [0.1, 0.15) is 62.5 Å². The van der Waals surface area contributed by atoms with Crippen molar-refractivity contribution in [1.29, 1.82) is 0 Å². The van der Waals surface area contributed by atoms with Crippen LogP contribution in [0.25, 0.3) is 16.4 Å². The summed E-state index contributed by atoms with van der Waals surface area (Å²) in [6, 6.07) is 5.37. The standard InChI is InChI=1S/C28H32F5N5O3S/c1-26(2,3)41-23(39)15-18(9-13-37-12-6-10-27(29,30)17-37)35-24(40)21-16-22(38(36-21)25-34-11-14-42-25)19-7-4-5-8-20(19)28(31,32)33/h4-5,7-8,11,14,16,18H,6,9-10,12-13,15,17H2,1-3H3,(H,35,40). The first-order valence-electron chi connectivity index (χ1n) is 13.4. The maximum atomic E-state index is 13.9. The van der Waals surface area contributed by atoms with E-state index in [2.05, 4.69) is 15.4 Å². The van der Waals surface area contributed by atoms with Crippen LogP contribution in [0.2, 0.25) is 0 Å². The summed E-state index contributed by atoms with van der Waals surface area (Å²) >= 11 is 1.12. The van der Waals surface area contributed by atoms with E-state index in [0.717, 1.165) is 17.4 Å². The number of hydrogen-bond donors (Lipinski definition) is 1. The Labute approximate surface area is 243 Å². The normalized spacial score (nSPS) is 16.7. The second-order valence-electron chi connectivity index (χ2n) is 11.2. The topological polar surface area (TPSA) is 89.4 Å². The van der Waals surface area contributed by atoms with Gasteiger partial charge in [-0.3, -0.25) is 14.5 Å². The van der Waals surface area contributed by atoms with Gasteiger partial charge in [-0.2, -0.15) is 18.3 Å². The van der Waals surface area contributed by atoms with Crippen LogP contribution in [0.15, 0.2) is 41.9 Å². The van der Waals surface area contributed by atoms with Gasteiger partial charge in [0.05, 0.1) is 24.2 Å². The van der Waals surface area contributed by atoms with Crippen molar-refractivity contribution in [2.24, 2.45) is 0 Å². The number of carbonyl (C=O) groups is 2. The molecule has 3 heterocycles. The Morgan fingerprint density at radius 1 is 1.19 bits per heavy atom. The van der Waals surface area contributed by atoms with E-state index in [0.29, 0.717) is 13.0 Å². The fourth-order valence-electron chi connectivity index (χ4n) is 4.75. The molecule has 42 heavy (non-hydrogen) atoms. The number of amides is 1. The van der Waals surface area contributed by atoms with Crippen molar-refractivity contribution >= 4 is 23.2 Å². The van der Waals surface area contributed by atoms with E-state index in [-0.39, 0.29) is 47.9 Å². The van der Waals surface area contributed by atoms with Crippen LogP contribution in [0, 0.1) is 0 Å². The fraction of sp³-hybridized carbons (Fsp3) is 0.500. The number of nitrogens with zero attached hydrogens (tertiary/aromatic N) is 4. The van der Waals surface area contributed by atoms with Gasteiger partial charge in [-0.15, -0.1) is 11.3 Å². The molecule has 1 N–H and O–H groups in total. The van der Waals surface area contributed by atoms with E-state index >= 15 is 0 Å². The summed E-state index contributed by atoms with van der Waals surface area (Å²) in [6.07, 6.45) is -3.14. The Bertz CT molecular complexity index is 1390. The summed E-state index contributed by atoms with van der Waals surface area (Å²) in [6.45, 7) is 5.32. The molecular weight excluding hydrogens is 581 g/mol. The lowest BCUT2D eigenvalue weighted by atomic mass is 10.0. The first kappa shape index (κ1) is 31.5. The highest BCUT2D eigenvalue weighted by atomic mass is 32.1. The number of thiazole rings is 1. The zero-order chi connectivity index (χ0) is 30.7. The van der Waals surface area contributed by atoms with Gasteiger partial charge in [-0.05, 0) is 52.3 Å². The molecule has 14 heteroatoms. The molecule has 1 aromatic carbocycles. The Morgan fingerprint density at radius 2 is 1.93 bits per heavy atom. The van der Waals surface area contributed by atoms with Crippen LogP contribution >= 0.6 is 11.3 Å². The highest BCUT2D eigenvalue weighted by Gasteiger charge is 2.36. The molecule has 0 radical (unpaired) electrons. The minimum Gasteiger partial charge on any atom is -0.460 e. The number of rotatable bonds is 9. The van der Waals surface area contributed by atoms with Crippen molar-refractivity contribution < 1.29 is 36.3 Å². The summed E-state index contributed by atoms with van der Waals surface area (Å²) in [5.74, 6) is -4.15. The summed E-state index contributed by atoms with van der Waals surface area (Å²) in [7, 11) is 0. The number of ether oxygens (including phenoxy) is 1. The Kier molecular flexibility index (Phi) is 9.36. The zero-order valence-electron chi connectivity index (χ0n) is 23.4. The first-order valence-corrected chi connectivity index (χ1v) is 14.3. The van der Waals surface area contributed by atoms with E-state index in [4.69, 9.17) is 4.74 Å². The Balaban J connectivity index is 1.61. The smallest absolute Gasteiger partial charge is 0.417 e. The molecule has 1 fully saturated rings. The number of esters is 1. The molecule has 4 rings (SSSR count). The molecule has 1 atom stereocenters. The maximum absolute atomic E-state index is 13.9. The second-order valence-corrected chi connectivity index (χ2v) is 12.0. The van der Waals surface area contributed by atoms with Gasteiger partial charge in [0.1, 0.15) is 5.60 Å². The van der Waals surface area contributed by atoms with Gasteiger partial charge in [0.2, 0.25) is 5.13 Å². The van der Waals surface area contributed by atoms with Gasteiger partial charge in [0, 0.05) is 36.1 Å². The summed E-state index contributed by atoms with van der Waals surface area (Å²) in [4.78, 5) is 31.8. The van der Waals surface area contributed by atoms with E-state index in [9.17, 15) is 31.5 Å². The lowest BCUT2D eigenvalue weighted by Gasteiger charge is -2.33. The number of piperidine rings is 1. The van der Waals surface area contributed by atoms with Crippen molar-refractivity contribution in [3.8, 4) is 16.4 Å². The predicted octanol–water partition coefficient (Wildman–Crippen LogP) is 5.97.